The minimum absolute atomic E-state index is 0.0694. The van der Waals surface area contributed by atoms with E-state index in [-0.39, 0.29) is 23.0 Å². The van der Waals surface area contributed by atoms with E-state index in [0.717, 1.165) is 6.20 Å². The molecule has 1 aromatic heterocycles. The Morgan fingerprint density at radius 2 is 2.24 bits per heavy atom. The quantitative estimate of drug-likeness (QED) is 0.571. The van der Waals surface area contributed by atoms with Gasteiger partial charge in [-0.05, 0) is 13.8 Å². The molecule has 1 amide bonds. The van der Waals surface area contributed by atoms with Crippen LogP contribution in [0.5, 0.6) is 0 Å². The molecule has 0 bridgehead atoms. The van der Waals surface area contributed by atoms with Crippen molar-refractivity contribution in [2.45, 2.75) is 19.1 Å². The van der Waals surface area contributed by atoms with E-state index in [9.17, 15) is 19.1 Å². The average molecular weight is 314 g/mol. The topological polar surface area (TPSA) is 114 Å². The van der Waals surface area contributed by atoms with Gasteiger partial charge in [-0.2, -0.15) is 0 Å². The first-order valence-corrected chi connectivity index (χ1v) is 7.97. The van der Waals surface area contributed by atoms with Crippen molar-refractivity contribution >= 4 is 28.2 Å². The van der Waals surface area contributed by atoms with E-state index in [1.165, 1.54) is 12.3 Å². The zero-order valence-electron chi connectivity index (χ0n) is 12.1. The van der Waals surface area contributed by atoms with Crippen molar-refractivity contribution in [2.75, 3.05) is 24.7 Å². The summed E-state index contributed by atoms with van der Waals surface area (Å²) in [6, 6.07) is 1.34. The molecule has 1 rings (SSSR count). The number of amides is 1. The second kappa shape index (κ2) is 7.67. The van der Waals surface area contributed by atoms with Gasteiger partial charge in [0.25, 0.3) is 11.6 Å². The van der Waals surface area contributed by atoms with Gasteiger partial charge in [-0.1, -0.05) is 0 Å². The molecule has 2 unspecified atom stereocenters. The summed E-state index contributed by atoms with van der Waals surface area (Å²) in [6.45, 7) is 4.33. The van der Waals surface area contributed by atoms with Crippen LogP contribution in [0.4, 0.5) is 11.5 Å². The largest absolute Gasteiger partial charge is 0.370 e. The lowest BCUT2D eigenvalue weighted by atomic mass is 10.2. The van der Waals surface area contributed by atoms with Gasteiger partial charge in [-0.15, -0.1) is 0 Å². The molecular weight excluding hydrogens is 296 g/mol. The fourth-order valence-corrected chi connectivity index (χ4v) is 1.82. The molecule has 9 heteroatoms. The molecule has 0 spiro atoms. The number of aromatic nitrogens is 1. The number of nitro groups is 1. The number of carbonyl (C=O) groups is 1. The van der Waals surface area contributed by atoms with Crippen LogP contribution in [-0.4, -0.2) is 44.6 Å². The van der Waals surface area contributed by atoms with E-state index >= 15 is 0 Å². The van der Waals surface area contributed by atoms with Crippen molar-refractivity contribution < 1.29 is 13.9 Å². The van der Waals surface area contributed by atoms with Crippen LogP contribution in [-0.2, 0) is 10.8 Å². The standard InChI is InChI=1S/C12H18N4O4S/c1-4-13-11-5-9(10(7-14-11)16(18)19)12(17)15-6-8(2)21(3)20/h5,7-8H,4,6H2,1-3H3,(H,13,14)(H,15,17). The van der Waals surface area contributed by atoms with Crippen molar-refractivity contribution in [1.29, 1.82) is 0 Å². The van der Waals surface area contributed by atoms with Gasteiger partial charge in [0.2, 0.25) is 0 Å². The number of hydrogen-bond donors (Lipinski definition) is 2. The Bertz CT molecular complexity index is 564. The Morgan fingerprint density at radius 1 is 1.57 bits per heavy atom. The third-order valence-electron chi connectivity index (χ3n) is 2.80. The lowest BCUT2D eigenvalue weighted by Crippen LogP contribution is -2.33. The highest BCUT2D eigenvalue weighted by Crippen LogP contribution is 2.20. The van der Waals surface area contributed by atoms with Gasteiger partial charge in [0, 0.05) is 41.5 Å². The molecule has 0 fully saturated rings. The molecule has 0 radical (unpaired) electrons. The lowest BCUT2D eigenvalue weighted by Gasteiger charge is -2.11. The van der Waals surface area contributed by atoms with Gasteiger partial charge in [0.1, 0.15) is 17.6 Å². The Kier molecular flexibility index (Phi) is 6.22. The molecule has 0 saturated heterocycles. The summed E-state index contributed by atoms with van der Waals surface area (Å²) in [6.07, 6.45) is 2.59. The van der Waals surface area contributed by atoms with Crippen LogP contribution in [0.3, 0.4) is 0 Å². The van der Waals surface area contributed by atoms with Crippen molar-refractivity contribution in [1.82, 2.24) is 10.3 Å². The van der Waals surface area contributed by atoms with Crippen molar-refractivity contribution in [3.05, 3.63) is 27.9 Å². The predicted molar refractivity (Wildman–Crippen MR) is 80.9 cm³/mol. The second-order valence-electron chi connectivity index (χ2n) is 4.39. The van der Waals surface area contributed by atoms with E-state index in [2.05, 4.69) is 15.6 Å². The molecule has 8 nitrogen and oxygen atoms in total. The molecule has 21 heavy (non-hydrogen) atoms. The van der Waals surface area contributed by atoms with Crippen LogP contribution >= 0.6 is 0 Å². The van der Waals surface area contributed by atoms with Gasteiger partial charge in [-0.25, -0.2) is 4.98 Å². The number of carbonyl (C=O) groups excluding carboxylic acids is 1. The Hall–Kier alpha value is -2.03. The summed E-state index contributed by atoms with van der Waals surface area (Å²) >= 11 is 0. The lowest BCUT2D eigenvalue weighted by molar-refractivity contribution is -0.385. The molecular formula is C12H18N4O4S. The molecule has 0 aromatic carbocycles. The number of nitrogens with zero attached hydrogens (tertiary/aromatic N) is 2. The normalized spacial score (nSPS) is 13.3. The van der Waals surface area contributed by atoms with Crippen molar-refractivity contribution in [3.63, 3.8) is 0 Å². The summed E-state index contributed by atoms with van der Waals surface area (Å²) in [5, 5.41) is 16.2. The van der Waals surface area contributed by atoms with Gasteiger partial charge >= 0.3 is 0 Å². The Balaban J connectivity index is 2.96. The maximum atomic E-state index is 12.1. The third-order valence-corrected chi connectivity index (χ3v) is 4.10. The molecule has 0 saturated carbocycles. The minimum Gasteiger partial charge on any atom is -0.370 e. The van der Waals surface area contributed by atoms with E-state index in [0.29, 0.717) is 12.4 Å². The number of rotatable bonds is 7. The smallest absolute Gasteiger partial charge is 0.300 e. The summed E-state index contributed by atoms with van der Waals surface area (Å²) in [5.41, 5.74) is -0.431. The first-order valence-electron chi connectivity index (χ1n) is 6.35. The highest BCUT2D eigenvalue weighted by atomic mass is 32.2. The second-order valence-corrected chi connectivity index (χ2v) is 6.20. The fourth-order valence-electron chi connectivity index (χ4n) is 1.50. The Labute approximate surface area is 124 Å². The fraction of sp³-hybridized carbons (Fsp3) is 0.500. The van der Waals surface area contributed by atoms with E-state index < -0.39 is 21.6 Å². The van der Waals surface area contributed by atoms with Crippen molar-refractivity contribution in [3.8, 4) is 0 Å². The van der Waals surface area contributed by atoms with E-state index in [4.69, 9.17) is 0 Å². The third kappa shape index (κ3) is 4.78. The zero-order valence-corrected chi connectivity index (χ0v) is 12.9. The summed E-state index contributed by atoms with van der Waals surface area (Å²) < 4.78 is 11.2. The maximum Gasteiger partial charge on any atom is 0.300 e. The van der Waals surface area contributed by atoms with Crippen LogP contribution in [0.1, 0.15) is 24.2 Å². The Morgan fingerprint density at radius 3 is 2.76 bits per heavy atom. The monoisotopic (exact) mass is 314 g/mol. The van der Waals surface area contributed by atoms with Crippen LogP contribution in [0.2, 0.25) is 0 Å². The van der Waals surface area contributed by atoms with E-state index in [1.807, 2.05) is 6.92 Å². The molecule has 2 atom stereocenters. The first kappa shape index (κ1) is 17.0. The number of nitrogens with one attached hydrogen (secondary N) is 2. The highest BCUT2D eigenvalue weighted by Gasteiger charge is 2.22. The van der Waals surface area contributed by atoms with Crippen LogP contribution in [0, 0.1) is 10.1 Å². The summed E-state index contributed by atoms with van der Waals surface area (Å²) in [7, 11) is -1.08. The van der Waals surface area contributed by atoms with E-state index in [1.54, 1.807) is 6.92 Å². The van der Waals surface area contributed by atoms with Gasteiger partial charge in [0.05, 0.1) is 4.92 Å². The molecule has 0 aliphatic carbocycles. The van der Waals surface area contributed by atoms with Crippen LogP contribution in [0.15, 0.2) is 12.3 Å². The highest BCUT2D eigenvalue weighted by molar-refractivity contribution is 7.84. The number of hydrogen-bond acceptors (Lipinski definition) is 6. The predicted octanol–water partition coefficient (Wildman–Crippen LogP) is 0.918. The van der Waals surface area contributed by atoms with Gasteiger partial charge < -0.3 is 10.6 Å². The molecule has 1 aromatic rings. The van der Waals surface area contributed by atoms with Gasteiger partial charge in [0.15, 0.2) is 0 Å². The minimum atomic E-state index is -1.08. The molecule has 116 valence electrons. The SMILES string of the molecule is CCNc1cc(C(=O)NCC(C)S(C)=O)c([N+](=O)[O-])cn1. The molecule has 0 aliphatic heterocycles. The van der Waals surface area contributed by atoms with Crippen LogP contribution in [0.25, 0.3) is 0 Å². The number of pyridine rings is 1. The van der Waals surface area contributed by atoms with Crippen molar-refractivity contribution in [2.24, 2.45) is 0 Å². The van der Waals surface area contributed by atoms with Gasteiger partial charge in [-0.3, -0.25) is 19.1 Å². The molecule has 0 aliphatic rings. The average Bonchev–Trinajstić information content (AvgIpc) is 2.44. The maximum absolute atomic E-state index is 12.1. The summed E-state index contributed by atoms with van der Waals surface area (Å²) in [5.74, 6) is -0.194. The zero-order chi connectivity index (χ0) is 16.0. The summed E-state index contributed by atoms with van der Waals surface area (Å²) in [4.78, 5) is 26.3. The number of anilines is 1. The molecule has 2 N–H and O–H groups in total. The molecule has 1 heterocycles. The van der Waals surface area contributed by atoms with Crippen LogP contribution < -0.4 is 10.6 Å². The first-order chi connectivity index (χ1) is 9.86.